The number of benzene rings is 2. The SMILES string of the molecule is O=C1NCCCC[C@H]1Sc1ncc(-c2ccccc2)n1-c1ccccc1. The van der Waals surface area contributed by atoms with Crippen LogP contribution in [0.2, 0.25) is 0 Å². The monoisotopic (exact) mass is 363 g/mol. The summed E-state index contributed by atoms with van der Waals surface area (Å²) in [4.78, 5) is 17.0. The lowest BCUT2D eigenvalue weighted by molar-refractivity contribution is -0.120. The largest absolute Gasteiger partial charge is 0.355 e. The van der Waals surface area contributed by atoms with E-state index in [1.165, 1.54) is 0 Å². The minimum Gasteiger partial charge on any atom is -0.355 e. The summed E-state index contributed by atoms with van der Waals surface area (Å²) in [5.41, 5.74) is 3.20. The molecule has 2 aromatic carbocycles. The first kappa shape index (κ1) is 16.9. The molecule has 4 nitrogen and oxygen atoms in total. The van der Waals surface area contributed by atoms with Gasteiger partial charge in [-0.2, -0.15) is 0 Å². The molecular formula is C21H21N3OS. The van der Waals surface area contributed by atoms with E-state index >= 15 is 0 Å². The van der Waals surface area contributed by atoms with Crippen molar-refractivity contribution in [1.82, 2.24) is 14.9 Å². The standard InChI is InChI=1S/C21H21N3OS/c25-20-19(13-7-8-14-22-20)26-21-23-15-18(16-9-3-1-4-10-16)24(21)17-11-5-2-6-12-17/h1-6,9-12,15,19H,7-8,13-14H2,(H,22,25)/t19-/m1/s1. The van der Waals surface area contributed by atoms with E-state index in [1.54, 1.807) is 11.8 Å². The lowest BCUT2D eigenvalue weighted by Crippen LogP contribution is -2.30. The Kier molecular flexibility index (Phi) is 5.07. The highest BCUT2D eigenvalue weighted by molar-refractivity contribution is 8.00. The Morgan fingerprint density at radius 3 is 2.50 bits per heavy atom. The molecule has 1 atom stereocenters. The van der Waals surface area contributed by atoms with Crippen molar-refractivity contribution in [2.45, 2.75) is 29.7 Å². The number of aromatic nitrogens is 2. The minimum absolute atomic E-state index is 0.0917. The Hall–Kier alpha value is -2.53. The number of imidazole rings is 1. The number of carbonyl (C=O) groups excluding carboxylic acids is 1. The Labute approximate surface area is 157 Å². The van der Waals surface area contributed by atoms with Crippen LogP contribution in [-0.4, -0.2) is 27.3 Å². The quantitative estimate of drug-likeness (QED) is 0.752. The Bertz CT molecular complexity index is 877. The van der Waals surface area contributed by atoms with Crippen LogP contribution < -0.4 is 5.32 Å². The minimum atomic E-state index is -0.0917. The van der Waals surface area contributed by atoms with E-state index < -0.39 is 0 Å². The number of nitrogens with one attached hydrogen (secondary N) is 1. The Morgan fingerprint density at radius 2 is 1.73 bits per heavy atom. The summed E-state index contributed by atoms with van der Waals surface area (Å²) < 4.78 is 2.15. The van der Waals surface area contributed by atoms with Crippen molar-refractivity contribution < 1.29 is 4.79 Å². The summed E-state index contributed by atoms with van der Waals surface area (Å²) >= 11 is 1.56. The van der Waals surface area contributed by atoms with Gasteiger partial charge in [0.1, 0.15) is 0 Å². The zero-order valence-electron chi connectivity index (χ0n) is 14.5. The smallest absolute Gasteiger partial charge is 0.233 e. The number of amides is 1. The van der Waals surface area contributed by atoms with Gasteiger partial charge in [0.05, 0.1) is 17.1 Å². The van der Waals surface area contributed by atoms with E-state index in [0.717, 1.165) is 47.9 Å². The van der Waals surface area contributed by atoms with Crippen LogP contribution in [0.25, 0.3) is 16.9 Å². The van der Waals surface area contributed by atoms with Gasteiger partial charge < -0.3 is 5.32 Å². The van der Waals surface area contributed by atoms with Crippen molar-refractivity contribution in [3.63, 3.8) is 0 Å². The number of rotatable bonds is 4. The molecule has 0 bridgehead atoms. The molecule has 1 fully saturated rings. The second kappa shape index (κ2) is 7.79. The lowest BCUT2D eigenvalue weighted by Gasteiger charge is -2.15. The molecule has 1 saturated heterocycles. The van der Waals surface area contributed by atoms with E-state index in [0.29, 0.717) is 0 Å². The topological polar surface area (TPSA) is 46.9 Å². The molecule has 0 spiro atoms. The molecule has 1 aromatic heterocycles. The fourth-order valence-electron chi connectivity index (χ4n) is 3.21. The van der Waals surface area contributed by atoms with E-state index in [4.69, 9.17) is 0 Å². The van der Waals surface area contributed by atoms with Gasteiger partial charge in [-0.25, -0.2) is 4.98 Å². The molecule has 0 saturated carbocycles. The van der Waals surface area contributed by atoms with Gasteiger partial charge in [-0.15, -0.1) is 0 Å². The second-order valence-corrected chi connectivity index (χ2v) is 7.53. The van der Waals surface area contributed by atoms with Gasteiger partial charge in [-0.05, 0) is 25.0 Å². The molecular weight excluding hydrogens is 342 g/mol. The van der Waals surface area contributed by atoms with Crippen LogP contribution in [0.1, 0.15) is 19.3 Å². The molecule has 1 amide bonds. The second-order valence-electron chi connectivity index (χ2n) is 6.36. The Morgan fingerprint density at radius 1 is 1.00 bits per heavy atom. The molecule has 1 aliphatic heterocycles. The number of carbonyl (C=O) groups is 1. The molecule has 0 aliphatic carbocycles. The summed E-state index contributed by atoms with van der Waals surface area (Å²) in [7, 11) is 0. The van der Waals surface area contributed by atoms with Crippen molar-refractivity contribution in [2.24, 2.45) is 0 Å². The first-order chi connectivity index (χ1) is 12.8. The average Bonchev–Trinajstić information content (AvgIpc) is 3.00. The molecule has 2 heterocycles. The van der Waals surface area contributed by atoms with Crippen molar-refractivity contribution in [2.75, 3.05) is 6.54 Å². The lowest BCUT2D eigenvalue weighted by atomic mass is 10.1. The first-order valence-corrected chi connectivity index (χ1v) is 9.84. The van der Waals surface area contributed by atoms with E-state index in [-0.39, 0.29) is 11.2 Å². The van der Waals surface area contributed by atoms with Gasteiger partial charge in [0.25, 0.3) is 0 Å². The van der Waals surface area contributed by atoms with Gasteiger partial charge in [0.15, 0.2) is 5.16 Å². The van der Waals surface area contributed by atoms with E-state index in [9.17, 15) is 4.79 Å². The molecule has 0 unspecified atom stereocenters. The number of hydrogen-bond donors (Lipinski definition) is 1. The van der Waals surface area contributed by atoms with E-state index in [2.05, 4.69) is 39.1 Å². The molecule has 4 rings (SSSR count). The van der Waals surface area contributed by atoms with Gasteiger partial charge in [0.2, 0.25) is 5.91 Å². The number of hydrogen-bond acceptors (Lipinski definition) is 3. The zero-order chi connectivity index (χ0) is 17.8. The van der Waals surface area contributed by atoms with Gasteiger partial charge in [-0.3, -0.25) is 9.36 Å². The van der Waals surface area contributed by atoms with E-state index in [1.807, 2.05) is 42.6 Å². The van der Waals surface area contributed by atoms with Crippen molar-refractivity contribution in [1.29, 1.82) is 0 Å². The van der Waals surface area contributed by atoms with Crippen LogP contribution in [0, 0.1) is 0 Å². The molecule has 26 heavy (non-hydrogen) atoms. The predicted octanol–water partition coefficient (Wildman–Crippen LogP) is 4.30. The fraction of sp³-hybridized carbons (Fsp3) is 0.238. The van der Waals surface area contributed by atoms with Gasteiger partial charge in [0, 0.05) is 17.8 Å². The highest BCUT2D eigenvalue weighted by atomic mass is 32.2. The molecule has 5 heteroatoms. The van der Waals surface area contributed by atoms with Crippen LogP contribution in [0.4, 0.5) is 0 Å². The van der Waals surface area contributed by atoms with Gasteiger partial charge in [-0.1, -0.05) is 66.7 Å². The highest BCUT2D eigenvalue weighted by Crippen LogP contribution is 2.33. The number of para-hydroxylation sites is 1. The van der Waals surface area contributed by atoms with Crippen LogP contribution in [0.3, 0.4) is 0 Å². The van der Waals surface area contributed by atoms with Crippen LogP contribution >= 0.6 is 11.8 Å². The van der Waals surface area contributed by atoms with Crippen molar-refractivity contribution in [3.8, 4) is 16.9 Å². The first-order valence-electron chi connectivity index (χ1n) is 8.96. The maximum atomic E-state index is 12.4. The highest BCUT2D eigenvalue weighted by Gasteiger charge is 2.25. The third-order valence-corrected chi connectivity index (χ3v) is 5.78. The summed E-state index contributed by atoms with van der Waals surface area (Å²) in [5.74, 6) is 0.122. The summed E-state index contributed by atoms with van der Waals surface area (Å²) in [6, 6.07) is 20.5. The normalized spacial score (nSPS) is 17.5. The number of nitrogens with zero attached hydrogens (tertiary/aromatic N) is 2. The molecule has 1 aliphatic rings. The van der Waals surface area contributed by atoms with Crippen LogP contribution in [-0.2, 0) is 4.79 Å². The number of thioether (sulfide) groups is 1. The summed E-state index contributed by atoms with van der Waals surface area (Å²) in [6.45, 7) is 0.776. The summed E-state index contributed by atoms with van der Waals surface area (Å²) in [5, 5.41) is 3.78. The molecule has 1 N–H and O–H groups in total. The molecule has 0 radical (unpaired) electrons. The predicted molar refractivity (Wildman–Crippen MR) is 106 cm³/mol. The third-order valence-electron chi connectivity index (χ3n) is 4.55. The maximum Gasteiger partial charge on any atom is 0.233 e. The molecule has 3 aromatic rings. The zero-order valence-corrected chi connectivity index (χ0v) is 15.3. The van der Waals surface area contributed by atoms with Crippen LogP contribution in [0.5, 0.6) is 0 Å². The third kappa shape index (κ3) is 3.53. The van der Waals surface area contributed by atoms with Crippen LogP contribution in [0.15, 0.2) is 72.0 Å². The van der Waals surface area contributed by atoms with Crippen molar-refractivity contribution in [3.05, 3.63) is 66.9 Å². The van der Waals surface area contributed by atoms with Gasteiger partial charge >= 0.3 is 0 Å². The summed E-state index contributed by atoms with van der Waals surface area (Å²) in [6.07, 6.45) is 4.90. The Balaban J connectivity index is 1.75. The average molecular weight is 363 g/mol. The maximum absolute atomic E-state index is 12.4. The molecule has 132 valence electrons. The fourth-order valence-corrected chi connectivity index (χ4v) is 4.36. The van der Waals surface area contributed by atoms with Crippen molar-refractivity contribution >= 4 is 17.7 Å².